The summed E-state index contributed by atoms with van der Waals surface area (Å²) in [5.74, 6) is 0.111. The van der Waals surface area contributed by atoms with Gasteiger partial charge in [-0.15, -0.1) is 0 Å². The number of anilines is 1. The van der Waals surface area contributed by atoms with Crippen LogP contribution < -0.4 is 14.8 Å². The molecule has 0 aliphatic rings. The molecule has 2 rings (SSSR count). The third-order valence-electron chi connectivity index (χ3n) is 3.29. The van der Waals surface area contributed by atoms with Crippen LogP contribution in [-0.4, -0.2) is 32.7 Å². The fraction of sp³-hybridized carbons (Fsp3) is 0.158. The van der Waals surface area contributed by atoms with E-state index in [0.29, 0.717) is 17.2 Å². The van der Waals surface area contributed by atoms with Crippen LogP contribution in [0.2, 0.25) is 0 Å². The van der Waals surface area contributed by atoms with Gasteiger partial charge in [-0.2, -0.15) is 0 Å². The molecular weight excluding hydrogens is 402 g/mol. The number of carbonyl (C=O) groups excluding carboxylic acids is 2. The maximum Gasteiger partial charge on any atom is 0.331 e. The average Bonchev–Trinajstić information content (AvgIpc) is 2.66. The zero-order valence-electron chi connectivity index (χ0n) is 14.3. The standard InChI is InChI=1S/C19H18BrNO5/c1-24-16-9-3-13(11-17(16)25-2)4-10-19(23)26-12-18(22)21-15-7-5-14(20)6-8-15/h3-11H,12H2,1-2H3,(H,21,22). The van der Waals surface area contributed by atoms with Crippen LogP contribution >= 0.6 is 15.9 Å². The van der Waals surface area contributed by atoms with Crippen LogP contribution in [0.15, 0.2) is 53.0 Å². The predicted octanol–water partition coefficient (Wildman–Crippen LogP) is 3.66. The Morgan fingerprint density at radius 1 is 1.04 bits per heavy atom. The van der Waals surface area contributed by atoms with E-state index in [2.05, 4.69) is 21.2 Å². The van der Waals surface area contributed by atoms with Gasteiger partial charge in [-0.3, -0.25) is 4.79 Å². The Morgan fingerprint density at radius 2 is 1.73 bits per heavy atom. The monoisotopic (exact) mass is 419 g/mol. The number of rotatable bonds is 7. The van der Waals surface area contributed by atoms with Crippen molar-refractivity contribution in [2.75, 3.05) is 26.1 Å². The topological polar surface area (TPSA) is 73.9 Å². The number of methoxy groups -OCH3 is 2. The molecule has 0 heterocycles. The number of hydrogen-bond donors (Lipinski definition) is 1. The van der Waals surface area contributed by atoms with Gasteiger partial charge in [0.25, 0.3) is 5.91 Å². The highest BCUT2D eigenvalue weighted by atomic mass is 79.9. The maximum absolute atomic E-state index is 11.8. The second-order valence-electron chi connectivity index (χ2n) is 5.11. The molecular formula is C19H18BrNO5. The number of hydrogen-bond acceptors (Lipinski definition) is 5. The van der Waals surface area contributed by atoms with Crippen LogP contribution in [-0.2, 0) is 14.3 Å². The second kappa shape index (κ2) is 9.62. The quantitative estimate of drug-likeness (QED) is 0.547. The first-order chi connectivity index (χ1) is 12.5. The Labute approximate surface area is 159 Å². The van der Waals surface area contributed by atoms with E-state index >= 15 is 0 Å². The minimum absolute atomic E-state index is 0.370. The largest absolute Gasteiger partial charge is 0.493 e. The third kappa shape index (κ3) is 5.93. The summed E-state index contributed by atoms with van der Waals surface area (Å²) in [5.41, 5.74) is 1.36. The predicted molar refractivity (Wildman–Crippen MR) is 102 cm³/mol. The highest BCUT2D eigenvalue weighted by Crippen LogP contribution is 2.27. The molecule has 1 amide bonds. The number of ether oxygens (including phenoxy) is 3. The number of halogens is 1. The molecule has 0 atom stereocenters. The smallest absolute Gasteiger partial charge is 0.331 e. The van der Waals surface area contributed by atoms with Crippen molar-refractivity contribution in [3.63, 3.8) is 0 Å². The van der Waals surface area contributed by atoms with Gasteiger partial charge in [0.2, 0.25) is 0 Å². The van der Waals surface area contributed by atoms with Crippen LogP contribution in [0.3, 0.4) is 0 Å². The van der Waals surface area contributed by atoms with Gasteiger partial charge in [0.1, 0.15) is 0 Å². The molecule has 136 valence electrons. The van der Waals surface area contributed by atoms with E-state index in [1.54, 1.807) is 55.7 Å². The summed E-state index contributed by atoms with van der Waals surface area (Å²) in [5, 5.41) is 2.63. The van der Waals surface area contributed by atoms with Crippen LogP contribution in [0.1, 0.15) is 5.56 Å². The summed E-state index contributed by atoms with van der Waals surface area (Å²) >= 11 is 3.31. The molecule has 1 N–H and O–H groups in total. The van der Waals surface area contributed by atoms with Gasteiger partial charge in [0.15, 0.2) is 18.1 Å². The highest BCUT2D eigenvalue weighted by molar-refractivity contribution is 9.10. The molecule has 6 nitrogen and oxygen atoms in total. The van der Waals surface area contributed by atoms with Crippen molar-refractivity contribution in [2.45, 2.75) is 0 Å². The fourth-order valence-electron chi connectivity index (χ4n) is 2.04. The molecule has 0 aliphatic carbocycles. The van der Waals surface area contributed by atoms with Crippen molar-refractivity contribution >= 4 is 39.6 Å². The molecule has 0 aromatic heterocycles. The summed E-state index contributed by atoms with van der Waals surface area (Å²) in [6, 6.07) is 12.3. The van der Waals surface area contributed by atoms with Crippen molar-refractivity contribution in [3.05, 3.63) is 58.6 Å². The lowest BCUT2D eigenvalue weighted by Gasteiger charge is -2.07. The van der Waals surface area contributed by atoms with Gasteiger partial charge < -0.3 is 19.5 Å². The van der Waals surface area contributed by atoms with Gasteiger partial charge in [-0.05, 0) is 48.0 Å². The third-order valence-corrected chi connectivity index (χ3v) is 3.82. The second-order valence-corrected chi connectivity index (χ2v) is 6.03. The molecule has 7 heteroatoms. The molecule has 0 bridgehead atoms. The minimum Gasteiger partial charge on any atom is -0.493 e. The molecule has 26 heavy (non-hydrogen) atoms. The Hall–Kier alpha value is -2.80. The molecule has 0 spiro atoms. The Kier molecular flexibility index (Phi) is 7.23. The van der Waals surface area contributed by atoms with Crippen LogP contribution in [0.4, 0.5) is 5.69 Å². The first kappa shape index (κ1) is 19.5. The van der Waals surface area contributed by atoms with Crippen LogP contribution in [0, 0.1) is 0 Å². The van der Waals surface area contributed by atoms with Gasteiger partial charge in [-0.1, -0.05) is 22.0 Å². The van der Waals surface area contributed by atoms with E-state index < -0.39 is 11.9 Å². The molecule has 0 unspecified atom stereocenters. The van der Waals surface area contributed by atoms with Crippen LogP contribution in [0.5, 0.6) is 11.5 Å². The molecule has 0 fully saturated rings. The van der Waals surface area contributed by atoms with Crippen molar-refractivity contribution in [1.29, 1.82) is 0 Å². The number of benzene rings is 2. The van der Waals surface area contributed by atoms with Gasteiger partial charge in [-0.25, -0.2) is 4.79 Å². The zero-order chi connectivity index (χ0) is 18.9. The average molecular weight is 420 g/mol. The Balaban J connectivity index is 1.85. The fourth-order valence-corrected chi connectivity index (χ4v) is 2.30. The van der Waals surface area contributed by atoms with E-state index in [0.717, 1.165) is 10.0 Å². The normalized spacial score (nSPS) is 10.4. The van der Waals surface area contributed by atoms with Crippen molar-refractivity contribution in [2.24, 2.45) is 0 Å². The van der Waals surface area contributed by atoms with E-state index in [-0.39, 0.29) is 6.61 Å². The number of amides is 1. The molecule has 2 aromatic carbocycles. The van der Waals surface area contributed by atoms with Crippen molar-refractivity contribution < 1.29 is 23.8 Å². The molecule has 0 saturated heterocycles. The maximum atomic E-state index is 11.8. The summed E-state index contributed by atoms with van der Waals surface area (Å²) < 4.78 is 16.2. The van der Waals surface area contributed by atoms with E-state index in [1.165, 1.54) is 13.2 Å². The molecule has 0 radical (unpaired) electrons. The van der Waals surface area contributed by atoms with Gasteiger partial charge >= 0.3 is 5.97 Å². The van der Waals surface area contributed by atoms with Gasteiger partial charge in [0.05, 0.1) is 14.2 Å². The van der Waals surface area contributed by atoms with Gasteiger partial charge in [0, 0.05) is 16.2 Å². The molecule has 0 saturated carbocycles. The summed E-state index contributed by atoms with van der Waals surface area (Å²) in [6.07, 6.45) is 2.81. The zero-order valence-corrected chi connectivity index (χ0v) is 15.9. The van der Waals surface area contributed by atoms with Crippen molar-refractivity contribution in [3.8, 4) is 11.5 Å². The Morgan fingerprint density at radius 3 is 2.38 bits per heavy atom. The first-order valence-corrected chi connectivity index (χ1v) is 8.43. The summed E-state index contributed by atoms with van der Waals surface area (Å²) in [7, 11) is 3.08. The van der Waals surface area contributed by atoms with E-state index in [9.17, 15) is 9.59 Å². The minimum atomic E-state index is -0.620. The lowest BCUT2D eigenvalue weighted by molar-refractivity contribution is -0.142. The summed E-state index contributed by atoms with van der Waals surface area (Å²) in [4.78, 5) is 23.5. The number of nitrogens with one attached hydrogen (secondary N) is 1. The molecule has 2 aromatic rings. The van der Waals surface area contributed by atoms with E-state index in [1.807, 2.05) is 0 Å². The molecule has 0 aliphatic heterocycles. The number of esters is 1. The highest BCUT2D eigenvalue weighted by Gasteiger charge is 2.06. The van der Waals surface area contributed by atoms with E-state index in [4.69, 9.17) is 14.2 Å². The number of carbonyl (C=O) groups is 2. The first-order valence-electron chi connectivity index (χ1n) is 7.64. The Bertz CT molecular complexity index is 802. The van der Waals surface area contributed by atoms with Crippen molar-refractivity contribution in [1.82, 2.24) is 0 Å². The SMILES string of the molecule is COc1ccc(C=CC(=O)OCC(=O)Nc2ccc(Br)cc2)cc1OC. The van der Waals surface area contributed by atoms with Crippen LogP contribution in [0.25, 0.3) is 6.08 Å². The lowest BCUT2D eigenvalue weighted by atomic mass is 10.2. The lowest BCUT2D eigenvalue weighted by Crippen LogP contribution is -2.20. The summed E-state index contributed by atoms with van der Waals surface area (Å²) in [6.45, 7) is -0.370.